The molecule has 1 aliphatic rings. The van der Waals surface area contributed by atoms with E-state index in [1.165, 1.54) is 17.5 Å². The summed E-state index contributed by atoms with van der Waals surface area (Å²) in [5.74, 6) is 0. The molecular formula is C13H20N2. The predicted octanol–water partition coefficient (Wildman–Crippen LogP) is 2.43. The van der Waals surface area contributed by atoms with Crippen LogP contribution in [0.3, 0.4) is 0 Å². The lowest BCUT2D eigenvalue weighted by Crippen LogP contribution is -2.37. The van der Waals surface area contributed by atoms with E-state index in [-0.39, 0.29) is 0 Å². The molecule has 2 N–H and O–H groups in total. The monoisotopic (exact) mass is 204 g/mol. The first kappa shape index (κ1) is 10.5. The second-order valence-corrected chi connectivity index (χ2v) is 4.46. The SMILES string of the molecule is CCC(C)N1CCc2c(N)cccc2C1. The topological polar surface area (TPSA) is 29.3 Å². The Kier molecular flexibility index (Phi) is 2.96. The maximum Gasteiger partial charge on any atom is 0.0350 e. The molecule has 1 aliphatic heterocycles. The zero-order chi connectivity index (χ0) is 10.8. The molecule has 1 unspecified atom stereocenters. The highest BCUT2D eigenvalue weighted by Gasteiger charge is 2.20. The Labute approximate surface area is 92.1 Å². The van der Waals surface area contributed by atoms with Gasteiger partial charge in [0.2, 0.25) is 0 Å². The molecule has 2 nitrogen and oxygen atoms in total. The van der Waals surface area contributed by atoms with Gasteiger partial charge in [0.1, 0.15) is 0 Å². The fourth-order valence-electron chi connectivity index (χ4n) is 2.30. The van der Waals surface area contributed by atoms with E-state index in [0.717, 1.165) is 25.2 Å². The lowest BCUT2D eigenvalue weighted by atomic mass is 9.97. The molecule has 0 saturated heterocycles. The Balaban J connectivity index is 2.20. The van der Waals surface area contributed by atoms with E-state index in [9.17, 15) is 0 Å². The maximum atomic E-state index is 5.98. The molecule has 1 heterocycles. The molecule has 0 bridgehead atoms. The summed E-state index contributed by atoms with van der Waals surface area (Å²) >= 11 is 0. The molecule has 0 spiro atoms. The van der Waals surface area contributed by atoms with Gasteiger partial charge in [-0.3, -0.25) is 4.90 Å². The van der Waals surface area contributed by atoms with Gasteiger partial charge in [0, 0.05) is 24.8 Å². The summed E-state index contributed by atoms with van der Waals surface area (Å²) in [5.41, 5.74) is 9.74. The van der Waals surface area contributed by atoms with Gasteiger partial charge in [-0.1, -0.05) is 19.1 Å². The van der Waals surface area contributed by atoms with Crippen molar-refractivity contribution in [3.05, 3.63) is 29.3 Å². The average molecular weight is 204 g/mol. The van der Waals surface area contributed by atoms with Gasteiger partial charge in [-0.05, 0) is 37.0 Å². The number of anilines is 1. The lowest BCUT2D eigenvalue weighted by Gasteiger charge is -2.33. The molecule has 0 aliphatic carbocycles. The van der Waals surface area contributed by atoms with Crippen molar-refractivity contribution in [2.45, 2.75) is 39.3 Å². The first-order valence-electron chi connectivity index (χ1n) is 5.82. The molecule has 0 saturated carbocycles. The van der Waals surface area contributed by atoms with Gasteiger partial charge < -0.3 is 5.73 Å². The van der Waals surface area contributed by atoms with Crippen LogP contribution in [0.25, 0.3) is 0 Å². The Bertz CT molecular complexity index is 346. The first-order valence-corrected chi connectivity index (χ1v) is 5.82. The minimum absolute atomic E-state index is 0.680. The second kappa shape index (κ2) is 4.23. The summed E-state index contributed by atoms with van der Waals surface area (Å²) in [6, 6.07) is 6.96. The van der Waals surface area contributed by atoms with Crippen LogP contribution in [-0.2, 0) is 13.0 Å². The Morgan fingerprint density at radius 1 is 1.47 bits per heavy atom. The zero-order valence-electron chi connectivity index (χ0n) is 9.66. The maximum absolute atomic E-state index is 5.98. The number of hydrogen-bond donors (Lipinski definition) is 1. The van der Waals surface area contributed by atoms with Crippen LogP contribution in [0.4, 0.5) is 5.69 Å². The van der Waals surface area contributed by atoms with Crippen LogP contribution in [0.2, 0.25) is 0 Å². The molecule has 0 aromatic heterocycles. The van der Waals surface area contributed by atoms with E-state index < -0.39 is 0 Å². The standard InChI is InChI=1S/C13H20N2/c1-3-10(2)15-8-7-12-11(9-15)5-4-6-13(12)14/h4-6,10H,3,7-9,14H2,1-2H3. The molecular weight excluding hydrogens is 184 g/mol. The third kappa shape index (κ3) is 2.00. The number of hydrogen-bond acceptors (Lipinski definition) is 2. The van der Waals surface area contributed by atoms with Crippen molar-refractivity contribution in [1.82, 2.24) is 4.90 Å². The normalized spacial score (nSPS) is 18.5. The fraction of sp³-hybridized carbons (Fsp3) is 0.538. The summed E-state index contributed by atoms with van der Waals surface area (Å²) in [7, 11) is 0. The molecule has 1 atom stereocenters. The third-order valence-electron chi connectivity index (χ3n) is 3.55. The van der Waals surface area contributed by atoms with Gasteiger partial charge in [-0.2, -0.15) is 0 Å². The molecule has 82 valence electrons. The molecule has 1 aromatic carbocycles. The van der Waals surface area contributed by atoms with Crippen LogP contribution in [0, 0.1) is 0 Å². The van der Waals surface area contributed by atoms with Crippen LogP contribution in [0.1, 0.15) is 31.4 Å². The van der Waals surface area contributed by atoms with Crippen LogP contribution in [-0.4, -0.2) is 17.5 Å². The Morgan fingerprint density at radius 2 is 2.27 bits per heavy atom. The minimum atomic E-state index is 0.680. The highest BCUT2D eigenvalue weighted by molar-refractivity contribution is 5.51. The van der Waals surface area contributed by atoms with Crippen molar-refractivity contribution in [1.29, 1.82) is 0 Å². The van der Waals surface area contributed by atoms with Crippen molar-refractivity contribution in [3.8, 4) is 0 Å². The number of nitrogens with two attached hydrogens (primary N) is 1. The molecule has 0 fully saturated rings. The van der Waals surface area contributed by atoms with Gasteiger partial charge in [0.05, 0.1) is 0 Å². The average Bonchev–Trinajstić information content (AvgIpc) is 2.28. The van der Waals surface area contributed by atoms with Gasteiger partial charge in [0.25, 0.3) is 0 Å². The van der Waals surface area contributed by atoms with Gasteiger partial charge in [-0.15, -0.1) is 0 Å². The highest BCUT2D eigenvalue weighted by atomic mass is 15.2. The Hall–Kier alpha value is -1.02. The van der Waals surface area contributed by atoms with Crippen LogP contribution in [0.15, 0.2) is 18.2 Å². The number of nitrogens with zero attached hydrogens (tertiary/aromatic N) is 1. The number of benzene rings is 1. The third-order valence-corrected chi connectivity index (χ3v) is 3.55. The summed E-state index contributed by atoms with van der Waals surface area (Å²) < 4.78 is 0. The van der Waals surface area contributed by atoms with Crippen molar-refractivity contribution in [3.63, 3.8) is 0 Å². The van der Waals surface area contributed by atoms with Crippen molar-refractivity contribution >= 4 is 5.69 Å². The zero-order valence-corrected chi connectivity index (χ0v) is 9.66. The highest BCUT2D eigenvalue weighted by Crippen LogP contribution is 2.25. The molecule has 2 heteroatoms. The van der Waals surface area contributed by atoms with E-state index in [2.05, 4.69) is 30.9 Å². The molecule has 1 aromatic rings. The largest absolute Gasteiger partial charge is 0.398 e. The van der Waals surface area contributed by atoms with E-state index >= 15 is 0 Å². The fourth-order valence-corrected chi connectivity index (χ4v) is 2.30. The predicted molar refractivity (Wildman–Crippen MR) is 64.7 cm³/mol. The number of nitrogen functional groups attached to an aromatic ring is 1. The molecule has 2 rings (SSSR count). The van der Waals surface area contributed by atoms with E-state index in [1.54, 1.807) is 0 Å². The minimum Gasteiger partial charge on any atom is -0.398 e. The van der Waals surface area contributed by atoms with Crippen molar-refractivity contribution in [2.75, 3.05) is 12.3 Å². The van der Waals surface area contributed by atoms with Gasteiger partial charge in [-0.25, -0.2) is 0 Å². The molecule has 0 amide bonds. The summed E-state index contributed by atoms with van der Waals surface area (Å²) in [6.45, 7) is 6.77. The van der Waals surface area contributed by atoms with Gasteiger partial charge in [0.15, 0.2) is 0 Å². The quantitative estimate of drug-likeness (QED) is 0.750. The lowest BCUT2D eigenvalue weighted by molar-refractivity contribution is 0.186. The van der Waals surface area contributed by atoms with Crippen LogP contribution in [0.5, 0.6) is 0 Å². The van der Waals surface area contributed by atoms with Crippen LogP contribution >= 0.6 is 0 Å². The summed E-state index contributed by atoms with van der Waals surface area (Å²) in [4.78, 5) is 2.54. The van der Waals surface area contributed by atoms with Crippen molar-refractivity contribution < 1.29 is 0 Å². The number of rotatable bonds is 2. The molecule has 0 radical (unpaired) electrons. The summed E-state index contributed by atoms with van der Waals surface area (Å²) in [5, 5.41) is 0. The first-order chi connectivity index (χ1) is 7.22. The Morgan fingerprint density at radius 3 is 3.00 bits per heavy atom. The van der Waals surface area contributed by atoms with E-state index in [4.69, 9.17) is 5.73 Å². The van der Waals surface area contributed by atoms with E-state index in [1.807, 2.05) is 6.07 Å². The second-order valence-electron chi connectivity index (χ2n) is 4.46. The van der Waals surface area contributed by atoms with Gasteiger partial charge >= 0.3 is 0 Å². The molecule has 15 heavy (non-hydrogen) atoms. The smallest absolute Gasteiger partial charge is 0.0350 e. The van der Waals surface area contributed by atoms with Crippen molar-refractivity contribution in [2.24, 2.45) is 0 Å². The van der Waals surface area contributed by atoms with Crippen LogP contribution < -0.4 is 5.73 Å². The summed E-state index contributed by atoms with van der Waals surface area (Å²) in [6.07, 6.45) is 2.32. The number of fused-ring (bicyclic) bond motifs is 1. The van der Waals surface area contributed by atoms with E-state index in [0.29, 0.717) is 6.04 Å².